The Morgan fingerprint density at radius 2 is 1.59 bits per heavy atom. The molecule has 0 radical (unpaired) electrons. The van der Waals surface area contributed by atoms with Crippen LogP contribution < -0.4 is 4.90 Å². The number of nitrogens with one attached hydrogen (secondary N) is 1. The van der Waals surface area contributed by atoms with Gasteiger partial charge in [0.1, 0.15) is 6.54 Å². The Balaban J connectivity index is 1.98. The Kier molecular flexibility index (Phi) is 5.15. The SMILES string of the molecule is Clc1ccc(C[NH+]2CCCCCCC2)c(Cl)c1. The molecule has 0 amide bonds. The number of halogens is 2. The fourth-order valence-corrected chi connectivity index (χ4v) is 2.99. The van der Waals surface area contributed by atoms with Crippen molar-refractivity contribution in [2.75, 3.05) is 13.1 Å². The summed E-state index contributed by atoms with van der Waals surface area (Å²) in [4.78, 5) is 1.66. The van der Waals surface area contributed by atoms with Crippen LogP contribution in [-0.2, 0) is 6.54 Å². The molecule has 1 heterocycles. The van der Waals surface area contributed by atoms with Crippen molar-refractivity contribution >= 4 is 23.2 Å². The maximum absolute atomic E-state index is 6.22. The molecule has 0 aromatic heterocycles. The lowest BCUT2D eigenvalue weighted by molar-refractivity contribution is -0.914. The van der Waals surface area contributed by atoms with E-state index in [1.54, 1.807) is 4.90 Å². The van der Waals surface area contributed by atoms with Gasteiger partial charge in [0.2, 0.25) is 0 Å². The van der Waals surface area contributed by atoms with Gasteiger partial charge in [-0.05, 0) is 37.8 Å². The summed E-state index contributed by atoms with van der Waals surface area (Å²) < 4.78 is 0. The predicted octanol–water partition coefficient (Wildman–Crippen LogP) is 3.34. The van der Waals surface area contributed by atoms with Crippen LogP contribution in [0.4, 0.5) is 0 Å². The van der Waals surface area contributed by atoms with Gasteiger partial charge >= 0.3 is 0 Å². The van der Waals surface area contributed by atoms with Gasteiger partial charge in [-0.25, -0.2) is 0 Å². The molecule has 1 fully saturated rings. The molecule has 3 heteroatoms. The van der Waals surface area contributed by atoms with E-state index in [1.165, 1.54) is 50.8 Å². The van der Waals surface area contributed by atoms with E-state index in [2.05, 4.69) is 6.07 Å². The second-order valence-corrected chi connectivity index (χ2v) is 5.77. The summed E-state index contributed by atoms with van der Waals surface area (Å²) in [6.07, 6.45) is 6.88. The van der Waals surface area contributed by atoms with Gasteiger partial charge in [0.25, 0.3) is 0 Å². The van der Waals surface area contributed by atoms with Crippen LogP contribution in [0, 0.1) is 0 Å². The molecule has 0 spiro atoms. The highest BCUT2D eigenvalue weighted by molar-refractivity contribution is 6.35. The van der Waals surface area contributed by atoms with E-state index in [-0.39, 0.29) is 0 Å². The molecule has 2 rings (SSSR count). The van der Waals surface area contributed by atoms with Crippen LogP contribution in [-0.4, -0.2) is 13.1 Å². The first-order valence-corrected chi connectivity index (χ1v) is 7.29. The van der Waals surface area contributed by atoms with Crippen LogP contribution in [0.25, 0.3) is 0 Å². The Morgan fingerprint density at radius 1 is 0.941 bits per heavy atom. The molecule has 1 aliphatic rings. The molecule has 0 aliphatic carbocycles. The van der Waals surface area contributed by atoms with E-state index in [0.29, 0.717) is 0 Å². The lowest BCUT2D eigenvalue weighted by Crippen LogP contribution is -3.10. The van der Waals surface area contributed by atoms with Crippen molar-refractivity contribution in [3.05, 3.63) is 33.8 Å². The fraction of sp³-hybridized carbons (Fsp3) is 0.571. The smallest absolute Gasteiger partial charge is 0.104 e. The molecule has 94 valence electrons. The van der Waals surface area contributed by atoms with Crippen molar-refractivity contribution in [1.82, 2.24) is 0 Å². The van der Waals surface area contributed by atoms with Gasteiger partial charge in [0.05, 0.1) is 18.1 Å². The Bertz CT molecular complexity index is 357. The minimum absolute atomic E-state index is 0.724. The standard InChI is InChI=1S/C14H19Cl2N/c15-13-7-6-12(14(16)10-13)11-17-8-4-2-1-3-5-9-17/h6-7,10H,1-5,8-9,11H2/p+1. The van der Waals surface area contributed by atoms with Crippen LogP contribution in [0.3, 0.4) is 0 Å². The molecule has 0 unspecified atom stereocenters. The average molecular weight is 273 g/mol. The molecule has 1 saturated heterocycles. The summed E-state index contributed by atoms with van der Waals surface area (Å²) in [6.45, 7) is 3.59. The Hall–Kier alpha value is -0.240. The maximum atomic E-state index is 6.22. The molecule has 0 saturated carbocycles. The van der Waals surface area contributed by atoms with Gasteiger partial charge < -0.3 is 4.90 Å². The molecule has 1 N–H and O–H groups in total. The summed E-state index contributed by atoms with van der Waals surface area (Å²) in [6, 6.07) is 5.85. The van der Waals surface area contributed by atoms with Crippen LogP contribution in [0.2, 0.25) is 10.0 Å². The van der Waals surface area contributed by atoms with Crippen LogP contribution in [0.5, 0.6) is 0 Å². The molecule has 0 bridgehead atoms. The van der Waals surface area contributed by atoms with Crippen molar-refractivity contribution in [2.24, 2.45) is 0 Å². The number of rotatable bonds is 2. The van der Waals surface area contributed by atoms with Crippen LogP contribution >= 0.6 is 23.2 Å². The first-order valence-electron chi connectivity index (χ1n) is 6.53. The third-order valence-electron chi connectivity index (χ3n) is 3.52. The van der Waals surface area contributed by atoms with E-state index in [4.69, 9.17) is 23.2 Å². The number of likely N-dealkylation sites (tertiary alicyclic amines) is 1. The largest absolute Gasteiger partial charge is 0.331 e. The quantitative estimate of drug-likeness (QED) is 0.843. The second kappa shape index (κ2) is 6.63. The summed E-state index contributed by atoms with van der Waals surface area (Å²) in [7, 11) is 0. The van der Waals surface area contributed by atoms with Gasteiger partial charge in [-0.1, -0.05) is 35.7 Å². The Labute approximate surface area is 114 Å². The lowest BCUT2D eigenvalue weighted by atomic mass is 10.1. The summed E-state index contributed by atoms with van der Waals surface area (Å²) in [5.74, 6) is 0. The second-order valence-electron chi connectivity index (χ2n) is 4.93. The molecular weight excluding hydrogens is 253 g/mol. The third-order valence-corrected chi connectivity index (χ3v) is 4.10. The van der Waals surface area contributed by atoms with E-state index in [9.17, 15) is 0 Å². The van der Waals surface area contributed by atoms with Crippen molar-refractivity contribution < 1.29 is 4.90 Å². The fourth-order valence-electron chi connectivity index (χ4n) is 2.52. The minimum Gasteiger partial charge on any atom is -0.331 e. The maximum Gasteiger partial charge on any atom is 0.104 e. The van der Waals surface area contributed by atoms with E-state index >= 15 is 0 Å². The topological polar surface area (TPSA) is 4.44 Å². The zero-order valence-corrected chi connectivity index (χ0v) is 11.7. The summed E-state index contributed by atoms with van der Waals surface area (Å²) in [5, 5.41) is 1.54. The van der Waals surface area contributed by atoms with Gasteiger partial charge in [-0.3, -0.25) is 0 Å². The molecule has 17 heavy (non-hydrogen) atoms. The van der Waals surface area contributed by atoms with Crippen LogP contribution in [0.15, 0.2) is 18.2 Å². The highest BCUT2D eigenvalue weighted by Gasteiger charge is 2.13. The predicted molar refractivity (Wildman–Crippen MR) is 73.9 cm³/mol. The monoisotopic (exact) mass is 272 g/mol. The van der Waals surface area contributed by atoms with Crippen molar-refractivity contribution in [3.8, 4) is 0 Å². The normalized spacial score (nSPS) is 18.7. The third kappa shape index (κ3) is 4.17. The first kappa shape index (κ1) is 13.2. The highest BCUT2D eigenvalue weighted by atomic mass is 35.5. The van der Waals surface area contributed by atoms with Crippen molar-refractivity contribution in [1.29, 1.82) is 0 Å². The summed E-state index contributed by atoms with van der Waals surface area (Å²) >= 11 is 12.1. The molecule has 1 aromatic carbocycles. The van der Waals surface area contributed by atoms with Crippen molar-refractivity contribution in [3.63, 3.8) is 0 Å². The van der Waals surface area contributed by atoms with Crippen LogP contribution in [0.1, 0.15) is 37.7 Å². The van der Waals surface area contributed by atoms with Gasteiger partial charge in [0, 0.05) is 10.6 Å². The zero-order valence-electron chi connectivity index (χ0n) is 10.1. The molecule has 1 nitrogen and oxygen atoms in total. The lowest BCUT2D eigenvalue weighted by Gasteiger charge is -2.22. The molecular formula is C14H20Cl2N+. The Morgan fingerprint density at radius 3 is 2.24 bits per heavy atom. The number of benzene rings is 1. The summed E-state index contributed by atoms with van der Waals surface area (Å²) in [5.41, 5.74) is 1.23. The average Bonchev–Trinajstić information content (AvgIpc) is 2.25. The highest BCUT2D eigenvalue weighted by Crippen LogP contribution is 2.20. The van der Waals surface area contributed by atoms with Gasteiger partial charge in [-0.15, -0.1) is 0 Å². The zero-order chi connectivity index (χ0) is 12.1. The van der Waals surface area contributed by atoms with Gasteiger partial charge in [-0.2, -0.15) is 0 Å². The van der Waals surface area contributed by atoms with E-state index in [1.807, 2.05) is 12.1 Å². The minimum atomic E-state index is 0.724. The molecule has 0 atom stereocenters. The number of quaternary nitrogens is 1. The first-order chi connectivity index (χ1) is 8.25. The van der Waals surface area contributed by atoms with Gasteiger partial charge in [0.15, 0.2) is 0 Å². The van der Waals surface area contributed by atoms with Crippen molar-refractivity contribution in [2.45, 2.75) is 38.6 Å². The molecule has 1 aromatic rings. The van der Waals surface area contributed by atoms with E-state index in [0.717, 1.165) is 16.6 Å². The number of hydrogen-bond acceptors (Lipinski definition) is 0. The number of hydrogen-bond donors (Lipinski definition) is 1. The molecule has 1 aliphatic heterocycles. The van der Waals surface area contributed by atoms with E-state index < -0.39 is 0 Å².